The summed E-state index contributed by atoms with van der Waals surface area (Å²) < 4.78 is 0. The van der Waals surface area contributed by atoms with Gasteiger partial charge in [0.2, 0.25) is 0 Å². The van der Waals surface area contributed by atoms with Gasteiger partial charge in [0, 0.05) is 25.7 Å². The molecule has 2 unspecified atom stereocenters. The molecule has 20 heavy (non-hydrogen) atoms. The second kappa shape index (κ2) is 7.96. The third-order valence-electron chi connectivity index (χ3n) is 4.52. The van der Waals surface area contributed by atoms with E-state index in [1.54, 1.807) is 6.92 Å². The van der Waals surface area contributed by atoms with Crippen LogP contribution in [0.3, 0.4) is 0 Å². The molecular weight excluding hydrogens is 254 g/mol. The summed E-state index contributed by atoms with van der Waals surface area (Å²) in [7, 11) is 2.19. The Labute approximate surface area is 123 Å². The first-order chi connectivity index (χ1) is 9.42. The van der Waals surface area contributed by atoms with Gasteiger partial charge in [0.15, 0.2) is 0 Å². The normalized spacial score (nSPS) is 24.5. The third kappa shape index (κ3) is 4.72. The van der Waals surface area contributed by atoms with Crippen LogP contribution in [0.2, 0.25) is 0 Å². The highest BCUT2D eigenvalue weighted by molar-refractivity contribution is 5.78. The van der Waals surface area contributed by atoms with Gasteiger partial charge in [0.05, 0.1) is 0 Å². The Bertz CT molecular complexity index is 311. The number of aliphatic carboxylic acids is 1. The molecule has 1 aliphatic rings. The van der Waals surface area contributed by atoms with Gasteiger partial charge in [-0.2, -0.15) is 0 Å². The number of piperazine rings is 1. The van der Waals surface area contributed by atoms with Crippen LogP contribution in [-0.2, 0) is 4.79 Å². The molecule has 0 spiro atoms. The molecule has 118 valence electrons. The second-order valence-corrected chi connectivity index (χ2v) is 6.11. The van der Waals surface area contributed by atoms with Crippen LogP contribution in [0.5, 0.6) is 0 Å². The van der Waals surface area contributed by atoms with E-state index in [1.807, 2.05) is 6.92 Å². The van der Waals surface area contributed by atoms with E-state index in [-0.39, 0.29) is 0 Å². The first kappa shape index (κ1) is 17.4. The van der Waals surface area contributed by atoms with Gasteiger partial charge < -0.3 is 20.2 Å². The number of hydrogen-bond donors (Lipinski definition) is 2. The van der Waals surface area contributed by atoms with E-state index >= 15 is 0 Å². The van der Waals surface area contributed by atoms with Crippen molar-refractivity contribution in [2.24, 2.45) is 0 Å². The molecule has 2 N–H and O–H groups in total. The monoisotopic (exact) mass is 285 g/mol. The molecule has 0 aliphatic carbocycles. The van der Waals surface area contributed by atoms with Crippen molar-refractivity contribution in [3.8, 4) is 0 Å². The topological polar surface area (TPSA) is 55.8 Å². The van der Waals surface area contributed by atoms with E-state index in [0.29, 0.717) is 19.0 Å². The van der Waals surface area contributed by atoms with E-state index in [0.717, 1.165) is 32.6 Å². The van der Waals surface area contributed by atoms with Crippen molar-refractivity contribution in [2.75, 3.05) is 39.8 Å². The molecule has 0 aromatic rings. The van der Waals surface area contributed by atoms with Crippen molar-refractivity contribution < 1.29 is 9.90 Å². The quantitative estimate of drug-likeness (QED) is 0.703. The molecule has 0 radical (unpaired) electrons. The maximum absolute atomic E-state index is 11.4. The van der Waals surface area contributed by atoms with Crippen LogP contribution in [0.25, 0.3) is 0 Å². The minimum atomic E-state index is -0.786. The summed E-state index contributed by atoms with van der Waals surface area (Å²) in [5.41, 5.74) is -0.786. The molecule has 5 nitrogen and oxygen atoms in total. The third-order valence-corrected chi connectivity index (χ3v) is 4.52. The van der Waals surface area contributed by atoms with E-state index in [1.165, 1.54) is 6.42 Å². The van der Waals surface area contributed by atoms with Gasteiger partial charge in [0.25, 0.3) is 0 Å². The van der Waals surface area contributed by atoms with Gasteiger partial charge in [-0.15, -0.1) is 0 Å². The predicted octanol–water partition coefficient (Wildman–Crippen LogP) is 1.25. The molecule has 1 saturated heterocycles. The number of carboxylic acids is 1. The van der Waals surface area contributed by atoms with Crippen molar-refractivity contribution in [2.45, 2.75) is 51.6 Å². The van der Waals surface area contributed by atoms with Crippen molar-refractivity contribution in [1.29, 1.82) is 0 Å². The molecule has 0 aromatic heterocycles. The molecule has 0 aromatic carbocycles. The summed E-state index contributed by atoms with van der Waals surface area (Å²) in [4.78, 5) is 16.3. The number of hydrogen-bond acceptors (Lipinski definition) is 4. The number of carboxylic acid groups (broad SMARTS) is 1. The smallest absolute Gasteiger partial charge is 0.323 e. The van der Waals surface area contributed by atoms with Gasteiger partial charge >= 0.3 is 5.97 Å². The Morgan fingerprint density at radius 1 is 1.40 bits per heavy atom. The molecule has 1 heterocycles. The summed E-state index contributed by atoms with van der Waals surface area (Å²) >= 11 is 0. The Morgan fingerprint density at radius 2 is 2.10 bits per heavy atom. The van der Waals surface area contributed by atoms with E-state index in [2.05, 4.69) is 29.1 Å². The summed E-state index contributed by atoms with van der Waals surface area (Å²) in [6.45, 7) is 11.0. The summed E-state index contributed by atoms with van der Waals surface area (Å²) in [6, 6.07) is 0.642. The SMILES string of the molecule is CCNC(C)(CCCN1CCN(C)C(CC)C1)C(=O)O. The maximum atomic E-state index is 11.4. The number of rotatable bonds is 8. The largest absolute Gasteiger partial charge is 0.480 e. The molecule has 5 heteroatoms. The fourth-order valence-corrected chi connectivity index (χ4v) is 2.97. The lowest BCUT2D eigenvalue weighted by atomic mass is 9.95. The molecule has 0 saturated carbocycles. The molecule has 1 fully saturated rings. The highest BCUT2D eigenvalue weighted by Crippen LogP contribution is 2.15. The highest BCUT2D eigenvalue weighted by Gasteiger charge is 2.31. The number of likely N-dealkylation sites (N-methyl/N-ethyl adjacent to an activating group) is 2. The minimum absolute atomic E-state index is 0.642. The molecule has 1 rings (SSSR count). The number of nitrogens with zero attached hydrogens (tertiary/aromatic N) is 2. The van der Waals surface area contributed by atoms with Crippen molar-refractivity contribution in [3.05, 3.63) is 0 Å². The highest BCUT2D eigenvalue weighted by atomic mass is 16.4. The molecular formula is C15H31N3O2. The number of nitrogens with one attached hydrogen (secondary N) is 1. The van der Waals surface area contributed by atoms with Crippen LogP contribution in [-0.4, -0.2) is 72.2 Å². The van der Waals surface area contributed by atoms with E-state index < -0.39 is 11.5 Å². The summed E-state index contributed by atoms with van der Waals surface area (Å²) in [5.74, 6) is -0.746. The van der Waals surface area contributed by atoms with Gasteiger partial charge in [-0.3, -0.25) is 4.79 Å². The zero-order valence-corrected chi connectivity index (χ0v) is 13.5. The lowest BCUT2D eigenvalue weighted by Gasteiger charge is -2.39. The average molecular weight is 285 g/mol. The van der Waals surface area contributed by atoms with Gasteiger partial charge in [0.1, 0.15) is 5.54 Å². The van der Waals surface area contributed by atoms with Crippen LogP contribution >= 0.6 is 0 Å². The van der Waals surface area contributed by atoms with Gasteiger partial charge in [-0.1, -0.05) is 13.8 Å². The van der Waals surface area contributed by atoms with Crippen LogP contribution in [0, 0.1) is 0 Å². The summed E-state index contributed by atoms with van der Waals surface area (Å²) in [6.07, 6.45) is 2.78. The molecule has 2 atom stereocenters. The fraction of sp³-hybridized carbons (Fsp3) is 0.933. The lowest BCUT2D eigenvalue weighted by Crippen LogP contribution is -2.52. The Kier molecular flexibility index (Phi) is 6.92. The zero-order valence-electron chi connectivity index (χ0n) is 13.5. The van der Waals surface area contributed by atoms with Gasteiger partial charge in [-0.05, 0) is 46.3 Å². The average Bonchev–Trinajstić information content (AvgIpc) is 2.40. The number of carbonyl (C=O) groups is 1. The zero-order chi connectivity index (χ0) is 15.2. The maximum Gasteiger partial charge on any atom is 0.323 e. The first-order valence-corrected chi connectivity index (χ1v) is 7.84. The van der Waals surface area contributed by atoms with Crippen molar-refractivity contribution >= 4 is 5.97 Å². The fourth-order valence-electron chi connectivity index (χ4n) is 2.97. The van der Waals surface area contributed by atoms with E-state index in [4.69, 9.17) is 0 Å². The molecule has 0 amide bonds. The van der Waals surface area contributed by atoms with Crippen LogP contribution in [0.4, 0.5) is 0 Å². The minimum Gasteiger partial charge on any atom is -0.480 e. The molecule has 0 bridgehead atoms. The standard InChI is InChI=1S/C15H31N3O2/c1-5-13-12-18(11-10-17(13)4)9-7-8-15(3,14(19)20)16-6-2/h13,16H,5-12H2,1-4H3,(H,19,20). The van der Waals surface area contributed by atoms with Crippen LogP contribution < -0.4 is 5.32 Å². The van der Waals surface area contributed by atoms with Crippen LogP contribution in [0.15, 0.2) is 0 Å². The predicted molar refractivity (Wildman–Crippen MR) is 82.1 cm³/mol. The summed E-state index contributed by atoms with van der Waals surface area (Å²) in [5, 5.41) is 12.4. The lowest BCUT2D eigenvalue weighted by molar-refractivity contribution is -0.144. The van der Waals surface area contributed by atoms with Crippen molar-refractivity contribution in [1.82, 2.24) is 15.1 Å². The second-order valence-electron chi connectivity index (χ2n) is 6.11. The van der Waals surface area contributed by atoms with Crippen LogP contribution in [0.1, 0.15) is 40.0 Å². The first-order valence-electron chi connectivity index (χ1n) is 7.84. The van der Waals surface area contributed by atoms with E-state index in [9.17, 15) is 9.90 Å². The molecule has 1 aliphatic heterocycles. The van der Waals surface area contributed by atoms with Crippen molar-refractivity contribution in [3.63, 3.8) is 0 Å². The van der Waals surface area contributed by atoms with Gasteiger partial charge in [-0.25, -0.2) is 0 Å². The Hall–Kier alpha value is -0.650. The Morgan fingerprint density at radius 3 is 2.65 bits per heavy atom. The Balaban J connectivity index is 2.38.